The summed E-state index contributed by atoms with van der Waals surface area (Å²) < 4.78 is 11.7. The number of anilines is 3. The Labute approximate surface area is 180 Å². The van der Waals surface area contributed by atoms with E-state index in [1.807, 2.05) is 12.1 Å². The lowest BCUT2D eigenvalue weighted by Crippen LogP contribution is -2.36. The van der Waals surface area contributed by atoms with Gasteiger partial charge in [-0.15, -0.1) is 0 Å². The van der Waals surface area contributed by atoms with Crippen LogP contribution in [0, 0.1) is 0 Å². The molecule has 6 rings (SSSR count). The van der Waals surface area contributed by atoms with Crippen molar-refractivity contribution in [2.24, 2.45) is 0 Å². The fourth-order valence-electron chi connectivity index (χ4n) is 4.45. The summed E-state index contributed by atoms with van der Waals surface area (Å²) in [5.74, 6) is 2.07. The molecule has 1 aromatic carbocycles. The van der Waals surface area contributed by atoms with Crippen LogP contribution in [-0.4, -0.2) is 41.3 Å². The Balaban J connectivity index is 1.42. The van der Waals surface area contributed by atoms with Gasteiger partial charge < -0.3 is 19.4 Å². The number of benzene rings is 1. The molecule has 7 heteroatoms. The highest BCUT2D eigenvalue weighted by molar-refractivity contribution is 5.99. The topological polar surface area (TPSA) is 76.3 Å². The third-order valence-electron chi connectivity index (χ3n) is 6.04. The number of nitrogens with zero attached hydrogens (tertiary/aromatic N) is 4. The minimum absolute atomic E-state index is 0.559. The average molecular weight is 413 g/mol. The van der Waals surface area contributed by atoms with Gasteiger partial charge in [-0.1, -0.05) is 6.07 Å². The maximum Gasteiger partial charge on any atom is 0.199 e. The van der Waals surface area contributed by atoms with Crippen LogP contribution in [-0.2, 0) is 17.6 Å². The molecule has 0 unspecified atom stereocenters. The minimum atomic E-state index is 0.559. The van der Waals surface area contributed by atoms with Crippen LogP contribution < -0.4 is 10.2 Å². The maximum absolute atomic E-state index is 6.20. The van der Waals surface area contributed by atoms with Gasteiger partial charge in [0.05, 0.1) is 25.1 Å². The van der Waals surface area contributed by atoms with Gasteiger partial charge in [-0.25, -0.2) is 9.97 Å². The Morgan fingerprint density at radius 1 is 0.968 bits per heavy atom. The highest BCUT2D eigenvalue weighted by Crippen LogP contribution is 2.39. The predicted molar refractivity (Wildman–Crippen MR) is 120 cm³/mol. The van der Waals surface area contributed by atoms with Crippen molar-refractivity contribution in [3.63, 3.8) is 0 Å². The molecule has 4 heterocycles. The molecule has 156 valence electrons. The number of morpholine rings is 1. The first kappa shape index (κ1) is 18.3. The molecule has 0 radical (unpaired) electrons. The van der Waals surface area contributed by atoms with E-state index >= 15 is 0 Å². The molecule has 3 aromatic heterocycles. The first-order valence-electron chi connectivity index (χ1n) is 10.8. The fourth-order valence-corrected chi connectivity index (χ4v) is 4.45. The fraction of sp³-hybridized carbons (Fsp3) is 0.292. The Bertz CT molecular complexity index is 1250. The molecule has 2 aliphatic rings. The number of hydrogen-bond acceptors (Lipinski definition) is 7. The summed E-state index contributed by atoms with van der Waals surface area (Å²) in [6.07, 6.45) is 8.84. The second-order valence-corrected chi connectivity index (χ2v) is 7.98. The minimum Gasteiger partial charge on any atom is -0.449 e. The van der Waals surface area contributed by atoms with Crippen molar-refractivity contribution < 1.29 is 9.15 Å². The Morgan fingerprint density at radius 3 is 2.81 bits per heavy atom. The maximum atomic E-state index is 6.20. The molecular weight excluding hydrogens is 390 g/mol. The van der Waals surface area contributed by atoms with Gasteiger partial charge in [0.25, 0.3) is 0 Å². The van der Waals surface area contributed by atoms with Crippen molar-refractivity contribution >= 4 is 28.2 Å². The molecule has 0 spiro atoms. The lowest BCUT2D eigenvalue weighted by atomic mass is 10.1. The summed E-state index contributed by atoms with van der Waals surface area (Å²) in [7, 11) is 0. The number of aromatic nitrogens is 3. The van der Waals surface area contributed by atoms with Crippen molar-refractivity contribution in [3.05, 3.63) is 60.0 Å². The van der Waals surface area contributed by atoms with Gasteiger partial charge in [-0.05, 0) is 54.7 Å². The molecule has 1 N–H and O–H groups in total. The lowest BCUT2D eigenvalue weighted by Gasteiger charge is -2.27. The number of rotatable bonds is 4. The molecule has 0 saturated carbocycles. The molecule has 1 aliphatic carbocycles. The highest BCUT2D eigenvalue weighted by atomic mass is 16.5. The quantitative estimate of drug-likeness (QED) is 0.533. The van der Waals surface area contributed by atoms with E-state index in [9.17, 15) is 0 Å². The standard InChI is InChI=1S/C24H23N5O2/c1-2-16-4-5-18(14-17(16)3-1)27-22-19-6-8-25-15-20(19)31-23(22)24-26-9-7-21(28-24)29-10-12-30-13-11-29/h4-9,14-15,27H,1-3,10-13H2. The molecule has 1 fully saturated rings. The van der Waals surface area contributed by atoms with E-state index in [-0.39, 0.29) is 0 Å². The van der Waals surface area contributed by atoms with E-state index in [4.69, 9.17) is 14.1 Å². The molecule has 0 atom stereocenters. The molecule has 4 aromatic rings. The number of aryl methyl sites for hydroxylation is 2. The van der Waals surface area contributed by atoms with Crippen molar-refractivity contribution in [2.45, 2.75) is 19.3 Å². The summed E-state index contributed by atoms with van der Waals surface area (Å²) in [6.45, 7) is 3.06. The number of hydrogen-bond donors (Lipinski definition) is 1. The average Bonchev–Trinajstić information content (AvgIpc) is 3.44. The van der Waals surface area contributed by atoms with Gasteiger partial charge in [0.1, 0.15) is 5.82 Å². The van der Waals surface area contributed by atoms with Gasteiger partial charge in [0, 0.05) is 36.6 Å². The van der Waals surface area contributed by atoms with E-state index in [2.05, 4.69) is 38.4 Å². The largest absolute Gasteiger partial charge is 0.449 e. The Kier molecular flexibility index (Phi) is 4.53. The third kappa shape index (κ3) is 3.41. The van der Waals surface area contributed by atoms with Gasteiger partial charge in [0.15, 0.2) is 17.2 Å². The first-order valence-corrected chi connectivity index (χ1v) is 10.8. The van der Waals surface area contributed by atoms with Crippen LogP contribution in [0.4, 0.5) is 17.2 Å². The van der Waals surface area contributed by atoms with Crippen LogP contribution in [0.1, 0.15) is 17.5 Å². The predicted octanol–water partition coefficient (Wildman–Crippen LogP) is 4.35. The molecule has 0 bridgehead atoms. The zero-order chi connectivity index (χ0) is 20.6. The van der Waals surface area contributed by atoms with E-state index in [1.165, 1.54) is 24.0 Å². The summed E-state index contributed by atoms with van der Waals surface area (Å²) in [4.78, 5) is 15.8. The smallest absolute Gasteiger partial charge is 0.199 e. The molecule has 1 saturated heterocycles. The number of ether oxygens (including phenoxy) is 1. The first-order chi connectivity index (χ1) is 15.3. The van der Waals surface area contributed by atoms with Crippen LogP contribution in [0.2, 0.25) is 0 Å². The van der Waals surface area contributed by atoms with Crippen molar-refractivity contribution in [1.29, 1.82) is 0 Å². The zero-order valence-corrected chi connectivity index (χ0v) is 17.2. The third-order valence-corrected chi connectivity index (χ3v) is 6.04. The normalized spacial score (nSPS) is 15.9. The second-order valence-electron chi connectivity index (χ2n) is 7.98. The highest BCUT2D eigenvalue weighted by Gasteiger charge is 2.21. The van der Waals surface area contributed by atoms with Crippen LogP contribution in [0.25, 0.3) is 22.6 Å². The van der Waals surface area contributed by atoms with E-state index in [1.54, 1.807) is 18.6 Å². The lowest BCUT2D eigenvalue weighted by molar-refractivity contribution is 0.122. The Hall–Kier alpha value is -3.45. The molecule has 7 nitrogen and oxygen atoms in total. The molecular formula is C24H23N5O2. The molecule has 0 amide bonds. The van der Waals surface area contributed by atoms with Crippen LogP contribution in [0.15, 0.2) is 53.3 Å². The van der Waals surface area contributed by atoms with Crippen LogP contribution in [0.3, 0.4) is 0 Å². The van der Waals surface area contributed by atoms with Crippen LogP contribution >= 0.6 is 0 Å². The van der Waals surface area contributed by atoms with Gasteiger partial charge in [-0.3, -0.25) is 4.98 Å². The van der Waals surface area contributed by atoms with Crippen molar-refractivity contribution in [1.82, 2.24) is 15.0 Å². The van der Waals surface area contributed by atoms with E-state index in [0.29, 0.717) is 30.4 Å². The van der Waals surface area contributed by atoms with E-state index < -0.39 is 0 Å². The summed E-state index contributed by atoms with van der Waals surface area (Å²) in [6, 6.07) is 10.5. The monoisotopic (exact) mass is 413 g/mol. The van der Waals surface area contributed by atoms with Gasteiger partial charge >= 0.3 is 0 Å². The van der Waals surface area contributed by atoms with Crippen LogP contribution in [0.5, 0.6) is 0 Å². The summed E-state index contributed by atoms with van der Waals surface area (Å²) in [5.41, 5.74) is 5.50. The SMILES string of the molecule is c1cc2c(Nc3ccc4c(c3)CCC4)c(-c3nccc(N4CCOCC4)n3)oc2cn1. The molecule has 1 aliphatic heterocycles. The summed E-state index contributed by atoms with van der Waals surface area (Å²) in [5, 5.41) is 4.55. The number of fused-ring (bicyclic) bond motifs is 2. The molecule has 31 heavy (non-hydrogen) atoms. The Morgan fingerprint density at radius 2 is 1.87 bits per heavy atom. The number of pyridine rings is 1. The van der Waals surface area contributed by atoms with Crippen molar-refractivity contribution in [3.8, 4) is 11.6 Å². The van der Waals surface area contributed by atoms with Gasteiger partial charge in [0.2, 0.25) is 0 Å². The number of furan rings is 1. The van der Waals surface area contributed by atoms with E-state index in [0.717, 1.165) is 42.1 Å². The van der Waals surface area contributed by atoms with Crippen molar-refractivity contribution in [2.75, 3.05) is 36.5 Å². The van der Waals surface area contributed by atoms with Gasteiger partial charge in [-0.2, -0.15) is 0 Å². The zero-order valence-electron chi connectivity index (χ0n) is 17.2. The second kappa shape index (κ2) is 7.67. The summed E-state index contributed by atoms with van der Waals surface area (Å²) >= 11 is 0. The number of nitrogens with one attached hydrogen (secondary N) is 1.